The molecule has 1 spiro atoms. The second-order valence-electron chi connectivity index (χ2n) is 13.5. The third-order valence-corrected chi connectivity index (χ3v) is 10.6. The fourth-order valence-electron chi connectivity index (χ4n) is 6.61. The Hall–Kier alpha value is -3.25. The maximum absolute atomic E-state index is 15.7. The SMILES string of the molecule is CCc1c(-c2ccc(NC(=O)[C@@H](NC(=O)c3ccnn3CC)[C@H]3CCCC4(CC4)C3)nc2F)c(C)nn1COCCS(C)(C)C. The molecule has 0 aliphatic heterocycles. The molecule has 0 radical (unpaired) electrons. The van der Waals surface area contributed by atoms with E-state index in [1.54, 1.807) is 33.8 Å². The number of aryl methyl sites for hydroxylation is 2. The fraction of sp³-hybridized carbons (Fsp3) is 0.606. The van der Waals surface area contributed by atoms with Gasteiger partial charge in [0.1, 0.15) is 24.3 Å². The van der Waals surface area contributed by atoms with Crippen molar-refractivity contribution in [1.82, 2.24) is 29.9 Å². The molecule has 10 nitrogen and oxygen atoms in total. The van der Waals surface area contributed by atoms with E-state index in [-0.39, 0.29) is 23.6 Å². The summed E-state index contributed by atoms with van der Waals surface area (Å²) < 4.78 is 25.0. The molecule has 3 heterocycles. The topological polar surface area (TPSA) is 116 Å². The molecular formula is C33H48FN7O3S. The van der Waals surface area contributed by atoms with Crippen molar-refractivity contribution in [3.63, 3.8) is 0 Å². The standard InChI is InChI=1S/C33H48FN7O3S/c1-7-25-28(22(3)39-41(25)21-44-18-19-45(4,5)6)24-11-12-27(36-30(24)34)37-32(43)29(23-10-9-14-33(20-23)15-16-33)38-31(42)26-13-17-35-40(26)8-2/h11-13,17,23,29H,7-10,14-16,18-21H2,1-6H3,(H,38,42)(H,36,37,43)/t23-,29-/m0/s1. The van der Waals surface area contributed by atoms with Gasteiger partial charge < -0.3 is 15.4 Å². The van der Waals surface area contributed by atoms with Crippen molar-refractivity contribution in [3.05, 3.63) is 47.4 Å². The summed E-state index contributed by atoms with van der Waals surface area (Å²) in [5, 5.41) is 14.7. The molecule has 3 aromatic rings. The highest BCUT2D eigenvalue weighted by Gasteiger charge is 2.48. The molecule has 2 saturated carbocycles. The van der Waals surface area contributed by atoms with Gasteiger partial charge in [0.05, 0.1) is 12.3 Å². The van der Waals surface area contributed by atoms with Gasteiger partial charge in [-0.2, -0.15) is 14.6 Å². The molecule has 0 aromatic carbocycles. The van der Waals surface area contributed by atoms with Gasteiger partial charge >= 0.3 is 0 Å². The van der Waals surface area contributed by atoms with E-state index >= 15 is 4.39 Å². The average Bonchev–Trinajstić information content (AvgIpc) is 3.41. The Morgan fingerprint density at radius 3 is 2.60 bits per heavy atom. The Labute approximate surface area is 267 Å². The molecule has 246 valence electrons. The minimum Gasteiger partial charge on any atom is -0.358 e. The molecule has 2 fully saturated rings. The first kappa shape index (κ1) is 33.1. The van der Waals surface area contributed by atoms with Crippen molar-refractivity contribution in [3.8, 4) is 11.1 Å². The predicted molar refractivity (Wildman–Crippen MR) is 177 cm³/mol. The van der Waals surface area contributed by atoms with E-state index in [0.717, 1.165) is 30.7 Å². The van der Waals surface area contributed by atoms with E-state index in [2.05, 4.69) is 44.6 Å². The quantitative estimate of drug-likeness (QED) is 0.187. The van der Waals surface area contributed by atoms with Gasteiger partial charge in [0.15, 0.2) is 0 Å². The van der Waals surface area contributed by atoms with E-state index < -0.39 is 22.0 Å². The van der Waals surface area contributed by atoms with Gasteiger partial charge in [-0.05, 0) is 101 Å². The summed E-state index contributed by atoms with van der Waals surface area (Å²) in [5.41, 5.74) is 3.28. The lowest BCUT2D eigenvalue weighted by Crippen LogP contribution is -2.50. The molecule has 0 saturated heterocycles. The van der Waals surface area contributed by atoms with Gasteiger partial charge in [-0.3, -0.25) is 14.3 Å². The first-order chi connectivity index (χ1) is 21.4. The van der Waals surface area contributed by atoms with Gasteiger partial charge in [-0.15, -0.1) is 0 Å². The summed E-state index contributed by atoms with van der Waals surface area (Å²) in [5.74, 6) is -0.331. The lowest BCUT2D eigenvalue weighted by Gasteiger charge is -2.34. The van der Waals surface area contributed by atoms with Crippen LogP contribution in [0.4, 0.5) is 10.2 Å². The zero-order valence-electron chi connectivity index (χ0n) is 27.5. The molecule has 2 aliphatic carbocycles. The van der Waals surface area contributed by atoms with Crippen molar-refractivity contribution in [2.45, 2.75) is 85.0 Å². The number of ether oxygens (including phenoxy) is 1. The highest BCUT2D eigenvalue weighted by molar-refractivity contribution is 8.32. The van der Waals surface area contributed by atoms with Crippen LogP contribution < -0.4 is 10.6 Å². The number of rotatable bonds is 13. The van der Waals surface area contributed by atoms with E-state index in [1.807, 2.05) is 20.8 Å². The lowest BCUT2D eigenvalue weighted by atomic mass is 9.75. The number of hydrogen-bond donors (Lipinski definition) is 2. The summed E-state index contributed by atoms with van der Waals surface area (Å²) in [6.07, 6.45) is 15.3. The highest BCUT2D eigenvalue weighted by atomic mass is 32.3. The number of halogens is 1. The largest absolute Gasteiger partial charge is 0.358 e. The number of amides is 2. The molecular weight excluding hydrogens is 593 g/mol. The third kappa shape index (κ3) is 7.77. The maximum Gasteiger partial charge on any atom is 0.270 e. The number of carbonyl (C=O) groups is 2. The number of nitrogens with one attached hydrogen (secondary N) is 2. The minimum absolute atomic E-state index is 0.0139. The van der Waals surface area contributed by atoms with E-state index in [4.69, 9.17) is 4.74 Å². The summed E-state index contributed by atoms with van der Waals surface area (Å²) >= 11 is 0. The van der Waals surface area contributed by atoms with E-state index in [1.165, 1.54) is 19.3 Å². The zero-order valence-corrected chi connectivity index (χ0v) is 28.3. The van der Waals surface area contributed by atoms with Crippen molar-refractivity contribution >= 4 is 27.7 Å². The molecule has 2 atom stereocenters. The number of carbonyl (C=O) groups excluding carboxylic acids is 2. The van der Waals surface area contributed by atoms with Crippen LogP contribution in [-0.2, 0) is 29.2 Å². The Morgan fingerprint density at radius 1 is 1.16 bits per heavy atom. The van der Waals surface area contributed by atoms with Gasteiger partial charge in [-0.25, -0.2) is 19.7 Å². The van der Waals surface area contributed by atoms with E-state index in [9.17, 15) is 9.59 Å². The Morgan fingerprint density at radius 2 is 1.93 bits per heavy atom. The summed E-state index contributed by atoms with van der Waals surface area (Å²) in [6, 6.07) is 4.14. The zero-order chi connectivity index (χ0) is 32.4. The van der Waals surface area contributed by atoms with Crippen LogP contribution in [0.3, 0.4) is 0 Å². The monoisotopic (exact) mass is 641 g/mol. The van der Waals surface area contributed by atoms with Crippen LogP contribution in [0.15, 0.2) is 24.4 Å². The van der Waals surface area contributed by atoms with Crippen LogP contribution >= 0.6 is 10.0 Å². The molecule has 0 bridgehead atoms. The molecule has 45 heavy (non-hydrogen) atoms. The number of nitrogens with zero attached hydrogens (tertiary/aromatic N) is 5. The van der Waals surface area contributed by atoms with Crippen molar-refractivity contribution in [2.75, 3.05) is 36.4 Å². The summed E-state index contributed by atoms with van der Waals surface area (Å²) in [4.78, 5) is 31.2. The maximum atomic E-state index is 15.7. The first-order valence-electron chi connectivity index (χ1n) is 16.0. The smallest absolute Gasteiger partial charge is 0.270 e. The van der Waals surface area contributed by atoms with Crippen molar-refractivity contribution in [1.29, 1.82) is 0 Å². The van der Waals surface area contributed by atoms with Crippen LogP contribution in [0, 0.1) is 24.2 Å². The fourth-order valence-corrected chi connectivity index (χ4v) is 7.22. The van der Waals surface area contributed by atoms with Crippen LogP contribution in [0.25, 0.3) is 11.1 Å². The normalized spacial score (nSPS) is 18.5. The van der Waals surface area contributed by atoms with Gasteiger partial charge in [-0.1, -0.05) is 13.3 Å². The molecule has 2 aliphatic rings. The van der Waals surface area contributed by atoms with Gasteiger partial charge in [0.2, 0.25) is 11.9 Å². The number of anilines is 1. The van der Waals surface area contributed by atoms with Crippen molar-refractivity contribution < 1.29 is 18.7 Å². The van der Waals surface area contributed by atoms with Crippen LogP contribution in [0.5, 0.6) is 0 Å². The minimum atomic E-state index is -0.771. The predicted octanol–water partition coefficient (Wildman–Crippen LogP) is 5.55. The number of pyridine rings is 1. The van der Waals surface area contributed by atoms with E-state index in [0.29, 0.717) is 54.2 Å². The molecule has 0 unspecified atom stereocenters. The van der Waals surface area contributed by atoms with Crippen LogP contribution in [0.1, 0.15) is 74.2 Å². The Balaban J connectivity index is 1.33. The van der Waals surface area contributed by atoms with Gasteiger partial charge in [0, 0.05) is 35.3 Å². The van der Waals surface area contributed by atoms with Crippen molar-refractivity contribution in [2.24, 2.45) is 11.3 Å². The number of aromatic nitrogens is 5. The molecule has 3 aromatic heterocycles. The second-order valence-corrected chi connectivity index (χ2v) is 18.0. The average molecular weight is 642 g/mol. The first-order valence-corrected chi connectivity index (χ1v) is 19.1. The van der Waals surface area contributed by atoms with Gasteiger partial charge in [0.25, 0.3) is 5.91 Å². The lowest BCUT2D eigenvalue weighted by molar-refractivity contribution is -0.119. The Kier molecular flexibility index (Phi) is 10.0. The molecule has 2 N–H and O–H groups in total. The Bertz CT molecular complexity index is 1520. The summed E-state index contributed by atoms with van der Waals surface area (Å²) in [7, 11) is -0.659. The third-order valence-electron chi connectivity index (χ3n) is 9.21. The second kappa shape index (κ2) is 13.6. The van der Waals surface area contributed by atoms with Crippen LogP contribution in [-0.4, -0.2) is 73.5 Å². The molecule has 12 heteroatoms. The van der Waals surface area contributed by atoms with Crippen LogP contribution in [0.2, 0.25) is 0 Å². The number of hydrogen-bond acceptors (Lipinski definition) is 6. The molecule has 2 amide bonds. The summed E-state index contributed by atoms with van der Waals surface area (Å²) in [6.45, 7) is 7.26. The molecule has 5 rings (SSSR count). The highest BCUT2D eigenvalue weighted by Crippen LogP contribution is 2.58.